The average Bonchev–Trinajstić information content (AvgIpc) is 2.66. The predicted octanol–water partition coefficient (Wildman–Crippen LogP) is 2.79. The highest BCUT2D eigenvalue weighted by atomic mass is 32.2. The molecule has 8 heteroatoms. The predicted molar refractivity (Wildman–Crippen MR) is 101 cm³/mol. The molecule has 0 heterocycles. The van der Waals surface area contributed by atoms with E-state index in [-0.39, 0.29) is 29.6 Å². The van der Waals surface area contributed by atoms with Crippen LogP contribution >= 0.6 is 0 Å². The lowest BCUT2D eigenvalue weighted by atomic mass is 10.1. The van der Waals surface area contributed by atoms with E-state index in [9.17, 15) is 17.6 Å². The van der Waals surface area contributed by atoms with Crippen LogP contribution in [0.4, 0.5) is 4.39 Å². The van der Waals surface area contributed by atoms with Crippen molar-refractivity contribution in [3.05, 3.63) is 59.4 Å². The van der Waals surface area contributed by atoms with Gasteiger partial charge in [0.1, 0.15) is 0 Å². The van der Waals surface area contributed by atoms with E-state index in [2.05, 4.69) is 4.72 Å². The van der Waals surface area contributed by atoms with Crippen LogP contribution in [0.25, 0.3) is 0 Å². The van der Waals surface area contributed by atoms with Crippen molar-refractivity contribution in [3.63, 3.8) is 0 Å². The van der Waals surface area contributed by atoms with Gasteiger partial charge in [-0.05, 0) is 48.9 Å². The first-order chi connectivity index (χ1) is 12.8. The van der Waals surface area contributed by atoms with E-state index in [1.165, 1.54) is 43.5 Å². The van der Waals surface area contributed by atoms with Crippen LogP contribution in [0.3, 0.4) is 0 Å². The van der Waals surface area contributed by atoms with Crippen LogP contribution in [0.2, 0.25) is 0 Å². The zero-order chi connectivity index (χ0) is 20.0. The van der Waals surface area contributed by atoms with Crippen molar-refractivity contribution < 1.29 is 22.3 Å². The number of carbonyl (C=O) groups excluding carboxylic acids is 1. The Kier molecular flexibility index (Phi) is 6.92. The first kappa shape index (κ1) is 20.9. The topological polar surface area (TPSA) is 75.7 Å². The van der Waals surface area contributed by atoms with Crippen molar-refractivity contribution in [2.24, 2.45) is 0 Å². The number of rotatable bonds is 8. The Morgan fingerprint density at radius 1 is 1.15 bits per heavy atom. The minimum absolute atomic E-state index is 0.0983. The number of benzene rings is 2. The molecule has 146 valence electrons. The molecule has 2 aromatic carbocycles. The first-order valence-electron chi connectivity index (χ1n) is 8.53. The number of ether oxygens (including phenoxy) is 1. The lowest BCUT2D eigenvalue weighted by molar-refractivity contribution is 0.0752. The third-order valence-electron chi connectivity index (χ3n) is 4.00. The number of nitrogens with zero attached hydrogens (tertiary/aromatic N) is 1. The molecule has 0 saturated heterocycles. The lowest BCUT2D eigenvalue weighted by Gasteiger charge is -2.21. The van der Waals surface area contributed by atoms with Crippen molar-refractivity contribution in [1.82, 2.24) is 9.62 Å². The maximum atomic E-state index is 13.9. The van der Waals surface area contributed by atoms with Gasteiger partial charge in [-0.1, -0.05) is 13.0 Å². The number of amides is 1. The minimum atomic E-state index is -3.57. The lowest BCUT2D eigenvalue weighted by Crippen LogP contribution is -2.30. The molecular formula is C19H23FN2O4S. The molecule has 0 atom stereocenters. The van der Waals surface area contributed by atoms with Gasteiger partial charge in [-0.2, -0.15) is 0 Å². The number of carbonyl (C=O) groups is 1. The van der Waals surface area contributed by atoms with Crippen LogP contribution < -0.4 is 9.46 Å². The van der Waals surface area contributed by atoms with E-state index in [4.69, 9.17) is 4.74 Å². The third kappa shape index (κ3) is 5.05. The summed E-state index contributed by atoms with van der Waals surface area (Å²) in [6.45, 7) is 4.45. The zero-order valence-electron chi connectivity index (χ0n) is 15.5. The molecule has 0 aliphatic rings. The molecule has 27 heavy (non-hydrogen) atoms. The summed E-state index contributed by atoms with van der Waals surface area (Å²) in [5.41, 5.74) is 0.996. The highest BCUT2D eigenvalue weighted by Crippen LogP contribution is 2.20. The van der Waals surface area contributed by atoms with E-state index in [1.807, 2.05) is 6.92 Å². The van der Waals surface area contributed by atoms with Crippen molar-refractivity contribution in [1.29, 1.82) is 0 Å². The number of methoxy groups -OCH3 is 1. The number of hydrogen-bond acceptors (Lipinski definition) is 4. The highest BCUT2D eigenvalue weighted by molar-refractivity contribution is 7.89. The maximum Gasteiger partial charge on any atom is 0.254 e. The largest absolute Gasteiger partial charge is 0.494 e. The Labute approximate surface area is 159 Å². The Hall–Kier alpha value is -2.45. The molecule has 0 spiro atoms. The molecule has 6 nitrogen and oxygen atoms in total. The fraction of sp³-hybridized carbons (Fsp3) is 0.316. The standard InChI is InChI=1S/C19H23FN2O4S/c1-4-21-27(24,25)16-9-7-15(8-10-16)19(23)22(5-2)13-14-6-11-18(26-3)17(20)12-14/h6-12,21H,4-5,13H2,1-3H3. The van der Waals surface area contributed by atoms with Crippen LogP contribution in [-0.4, -0.2) is 39.4 Å². The summed E-state index contributed by atoms with van der Waals surface area (Å²) in [6.07, 6.45) is 0. The molecule has 0 unspecified atom stereocenters. The van der Waals surface area contributed by atoms with Crippen molar-refractivity contribution in [3.8, 4) is 5.75 Å². The van der Waals surface area contributed by atoms with Crippen LogP contribution in [0.1, 0.15) is 29.8 Å². The second-order valence-electron chi connectivity index (χ2n) is 5.81. The van der Waals surface area contributed by atoms with E-state index >= 15 is 0 Å². The van der Waals surface area contributed by atoms with Crippen LogP contribution in [0.15, 0.2) is 47.4 Å². The van der Waals surface area contributed by atoms with Crippen LogP contribution in [0.5, 0.6) is 5.75 Å². The maximum absolute atomic E-state index is 13.9. The quantitative estimate of drug-likeness (QED) is 0.747. The van der Waals surface area contributed by atoms with Gasteiger partial charge in [0.05, 0.1) is 12.0 Å². The fourth-order valence-electron chi connectivity index (χ4n) is 2.59. The van der Waals surface area contributed by atoms with Gasteiger partial charge in [-0.15, -0.1) is 0 Å². The second-order valence-corrected chi connectivity index (χ2v) is 7.58. The van der Waals surface area contributed by atoms with E-state index in [1.54, 1.807) is 17.9 Å². The number of nitrogens with one attached hydrogen (secondary N) is 1. The summed E-state index contributed by atoms with van der Waals surface area (Å²) in [6, 6.07) is 10.3. The van der Waals surface area contributed by atoms with Gasteiger partial charge in [0.15, 0.2) is 11.6 Å². The average molecular weight is 394 g/mol. The number of halogens is 1. The Morgan fingerprint density at radius 3 is 2.33 bits per heavy atom. The molecule has 0 aliphatic heterocycles. The number of hydrogen-bond donors (Lipinski definition) is 1. The van der Waals surface area contributed by atoms with Gasteiger partial charge >= 0.3 is 0 Å². The van der Waals surface area contributed by atoms with Crippen molar-refractivity contribution >= 4 is 15.9 Å². The Morgan fingerprint density at radius 2 is 1.81 bits per heavy atom. The fourth-order valence-corrected chi connectivity index (χ4v) is 3.63. The van der Waals surface area contributed by atoms with Gasteiger partial charge in [0, 0.05) is 25.2 Å². The molecule has 0 fully saturated rings. The molecule has 2 aromatic rings. The molecule has 0 radical (unpaired) electrons. The molecule has 0 aliphatic carbocycles. The summed E-state index contributed by atoms with van der Waals surface area (Å²) in [4.78, 5) is 14.4. The third-order valence-corrected chi connectivity index (χ3v) is 5.57. The summed E-state index contributed by atoms with van der Waals surface area (Å²) >= 11 is 0. The van der Waals surface area contributed by atoms with Crippen molar-refractivity contribution in [2.75, 3.05) is 20.2 Å². The van der Waals surface area contributed by atoms with E-state index < -0.39 is 15.8 Å². The van der Waals surface area contributed by atoms with Crippen LogP contribution in [0, 0.1) is 5.82 Å². The smallest absolute Gasteiger partial charge is 0.254 e. The van der Waals surface area contributed by atoms with Gasteiger partial charge in [0.25, 0.3) is 5.91 Å². The van der Waals surface area contributed by atoms with Gasteiger partial charge in [-0.25, -0.2) is 17.5 Å². The Bertz CT molecular complexity index is 898. The molecule has 0 saturated carbocycles. The molecule has 0 bridgehead atoms. The Balaban J connectivity index is 2.18. The second kappa shape index (κ2) is 8.96. The SMILES string of the molecule is CCNS(=O)(=O)c1ccc(C(=O)N(CC)Cc2ccc(OC)c(F)c2)cc1. The number of sulfonamides is 1. The molecular weight excluding hydrogens is 371 g/mol. The van der Waals surface area contributed by atoms with Crippen molar-refractivity contribution in [2.45, 2.75) is 25.3 Å². The van der Waals surface area contributed by atoms with Crippen LogP contribution in [-0.2, 0) is 16.6 Å². The normalized spacial score (nSPS) is 11.3. The minimum Gasteiger partial charge on any atom is -0.494 e. The van der Waals surface area contributed by atoms with Gasteiger partial charge < -0.3 is 9.64 Å². The highest BCUT2D eigenvalue weighted by Gasteiger charge is 2.18. The first-order valence-corrected chi connectivity index (χ1v) is 10.0. The molecule has 2 rings (SSSR count). The monoisotopic (exact) mass is 394 g/mol. The summed E-state index contributed by atoms with van der Waals surface area (Å²) in [5.74, 6) is -0.608. The van der Waals surface area contributed by atoms with E-state index in [0.717, 1.165) is 0 Å². The summed E-state index contributed by atoms with van der Waals surface area (Å²) < 4.78 is 45.1. The van der Waals surface area contributed by atoms with E-state index in [0.29, 0.717) is 17.7 Å². The molecule has 1 N–H and O–H groups in total. The van der Waals surface area contributed by atoms with Gasteiger partial charge in [-0.3, -0.25) is 4.79 Å². The summed E-state index contributed by atoms with van der Waals surface area (Å²) in [5, 5.41) is 0. The summed E-state index contributed by atoms with van der Waals surface area (Å²) in [7, 11) is -2.18. The van der Waals surface area contributed by atoms with Gasteiger partial charge in [0.2, 0.25) is 10.0 Å². The molecule has 0 aromatic heterocycles. The zero-order valence-corrected chi connectivity index (χ0v) is 16.3. The molecule has 1 amide bonds.